The molecule has 0 saturated heterocycles. The SMILES string of the molecule is COc1cc(-c2noc(-c3cnc4ccc(Cl)cn34)n2)cc(OC)c1OC. The lowest BCUT2D eigenvalue weighted by Gasteiger charge is -2.12. The number of hydrogen-bond donors (Lipinski definition) is 0. The molecule has 138 valence electrons. The van der Waals surface area contributed by atoms with E-state index in [9.17, 15) is 0 Å². The number of ether oxygens (including phenoxy) is 3. The lowest BCUT2D eigenvalue weighted by atomic mass is 10.1. The van der Waals surface area contributed by atoms with Gasteiger partial charge in [0.2, 0.25) is 11.6 Å². The van der Waals surface area contributed by atoms with Crippen molar-refractivity contribution < 1.29 is 18.7 Å². The van der Waals surface area contributed by atoms with Gasteiger partial charge in [-0.2, -0.15) is 4.98 Å². The Morgan fingerprint density at radius 3 is 2.44 bits per heavy atom. The molecule has 0 saturated carbocycles. The Hall–Kier alpha value is -3.26. The summed E-state index contributed by atoms with van der Waals surface area (Å²) in [6.45, 7) is 0. The summed E-state index contributed by atoms with van der Waals surface area (Å²) >= 11 is 6.08. The third-order valence-electron chi connectivity index (χ3n) is 4.04. The first-order chi connectivity index (χ1) is 13.1. The quantitative estimate of drug-likeness (QED) is 0.516. The average Bonchev–Trinajstić information content (AvgIpc) is 3.33. The van der Waals surface area contributed by atoms with Crippen LogP contribution in [0.3, 0.4) is 0 Å². The topological polar surface area (TPSA) is 83.9 Å². The first-order valence-corrected chi connectivity index (χ1v) is 8.29. The largest absolute Gasteiger partial charge is 0.493 e. The second kappa shape index (κ2) is 6.81. The molecular weight excluding hydrogens is 372 g/mol. The molecular formula is C18H15ClN4O4. The third-order valence-corrected chi connectivity index (χ3v) is 4.26. The first-order valence-electron chi connectivity index (χ1n) is 7.91. The van der Waals surface area contributed by atoms with Crippen molar-refractivity contribution in [1.82, 2.24) is 19.5 Å². The summed E-state index contributed by atoms with van der Waals surface area (Å²) in [6.07, 6.45) is 3.39. The summed E-state index contributed by atoms with van der Waals surface area (Å²) in [4.78, 5) is 8.79. The zero-order valence-electron chi connectivity index (χ0n) is 14.8. The molecule has 0 amide bonds. The average molecular weight is 387 g/mol. The number of halogens is 1. The van der Waals surface area contributed by atoms with E-state index in [0.29, 0.717) is 45.2 Å². The Kier molecular flexibility index (Phi) is 4.33. The maximum absolute atomic E-state index is 6.08. The number of aromatic nitrogens is 4. The third kappa shape index (κ3) is 2.93. The van der Waals surface area contributed by atoms with Crippen molar-refractivity contribution in [2.24, 2.45) is 0 Å². The highest BCUT2D eigenvalue weighted by Crippen LogP contribution is 2.40. The number of pyridine rings is 1. The molecule has 3 heterocycles. The van der Waals surface area contributed by atoms with Crippen LogP contribution in [-0.2, 0) is 0 Å². The van der Waals surface area contributed by atoms with E-state index in [-0.39, 0.29) is 0 Å². The van der Waals surface area contributed by atoms with Gasteiger partial charge in [0.15, 0.2) is 11.5 Å². The van der Waals surface area contributed by atoms with Crippen LogP contribution in [0.2, 0.25) is 5.02 Å². The van der Waals surface area contributed by atoms with E-state index in [1.54, 1.807) is 56.3 Å². The smallest absolute Gasteiger partial charge is 0.276 e. The van der Waals surface area contributed by atoms with Crippen molar-refractivity contribution in [1.29, 1.82) is 0 Å². The minimum absolute atomic E-state index is 0.313. The number of rotatable bonds is 5. The second-order valence-electron chi connectivity index (χ2n) is 5.56. The van der Waals surface area contributed by atoms with Gasteiger partial charge in [-0.15, -0.1) is 0 Å². The predicted octanol–water partition coefficient (Wildman–Crippen LogP) is 3.73. The molecule has 27 heavy (non-hydrogen) atoms. The molecule has 0 aliphatic heterocycles. The van der Waals surface area contributed by atoms with Crippen molar-refractivity contribution in [2.45, 2.75) is 0 Å². The Morgan fingerprint density at radius 2 is 1.78 bits per heavy atom. The molecule has 8 nitrogen and oxygen atoms in total. The second-order valence-corrected chi connectivity index (χ2v) is 5.99. The van der Waals surface area contributed by atoms with Crippen LogP contribution >= 0.6 is 11.6 Å². The van der Waals surface area contributed by atoms with E-state index >= 15 is 0 Å². The zero-order valence-corrected chi connectivity index (χ0v) is 15.5. The van der Waals surface area contributed by atoms with Crippen molar-refractivity contribution in [3.05, 3.63) is 41.7 Å². The maximum atomic E-state index is 6.08. The van der Waals surface area contributed by atoms with Gasteiger partial charge in [0.25, 0.3) is 5.89 Å². The fraction of sp³-hybridized carbons (Fsp3) is 0.167. The standard InChI is InChI=1S/C18H15ClN4O4/c1-24-13-6-10(7-14(25-2)16(13)26-3)17-21-18(27-22-17)12-8-20-15-5-4-11(19)9-23(12)15/h4-9H,1-3H3. The number of imidazole rings is 1. The van der Waals surface area contributed by atoms with Crippen molar-refractivity contribution in [2.75, 3.05) is 21.3 Å². The van der Waals surface area contributed by atoms with Crippen molar-refractivity contribution in [3.63, 3.8) is 0 Å². The number of hydrogen-bond acceptors (Lipinski definition) is 7. The molecule has 0 unspecified atom stereocenters. The molecule has 4 aromatic rings. The van der Waals surface area contributed by atoms with Crippen molar-refractivity contribution >= 4 is 17.2 Å². The summed E-state index contributed by atoms with van der Waals surface area (Å²) in [7, 11) is 4.64. The van der Waals surface area contributed by atoms with E-state index in [4.69, 9.17) is 30.3 Å². The minimum Gasteiger partial charge on any atom is -0.493 e. The summed E-state index contributed by atoms with van der Waals surface area (Å²) in [5, 5.41) is 4.64. The van der Waals surface area contributed by atoms with Crippen LogP contribution in [0.15, 0.2) is 41.2 Å². The molecule has 0 fully saturated rings. The van der Waals surface area contributed by atoms with Gasteiger partial charge in [-0.3, -0.25) is 4.40 Å². The summed E-state index contributed by atoms with van der Waals surface area (Å²) < 4.78 is 23.3. The Morgan fingerprint density at radius 1 is 1.04 bits per heavy atom. The zero-order chi connectivity index (χ0) is 19.0. The van der Waals surface area contributed by atoms with Crippen LogP contribution in [-0.4, -0.2) is 40.9 Å². The Balaban J connectivity index is 1.79. The molecule has 4 rings (SSSR count). The van der Waals surface area contributed by atoms with E-state index in [1.165, 1.54) is 0 Å². The van der Waals surface area contributed by atoms with Crippen LogP contribution in [0.5, 0.6) is 17.2 Å². The van der Waals surface area contributed by atoms with Gasteiger partial charge >= 0.3 is 0 Å². The van der Waals surface area contributed by atoms with Gasteiger partial charge in [0, 0.05) is 11.8 Å². The Bertz CT molecular complexity index is 1100. The minimum atomic E-state index is 0.313. The van der Waals surface area contributed by atoms with Gasteiger partial charge in [-0.25, -0.2) is 4.98 Å². The number of benzene rings is 1. The fourth-order valence-electron chi connectivity index (χ4n) is 2.77. The van der Waals surface area contributed by atoms with Crippen LogP contribution < -0.4 is 14.2 Å². The van der Waals surface area contributed by atoms with Gasteiger partial charge in [0.1, 0.15) is 11.3 Å². The lowest BCUT2D eigenvalue weighted by Crippen LogP contribution is -1.96. The number of methoxy groups -OCH3 is 3. The highest BCUT2D eigenvalue weighted by Gasteiger charge is 2.19. The highest BCUT2D eigenvalue weighted by atomic mass is 35.5. The molecule has 3 aromatic heterocycles. The Labute approximate surface area is 159 Å². The highest BCUT2D eigenvalue weighted by molar-refractivity contribution is 6.30. The van der Waals surface area contributed by atoms with Gasteiger partial charge in [-0.05, 0) is 24.3 Å². The summed E-state index contributed by atoms with van der Waals surface area (Å²) in [6, 6.07) is 7.08. The summed E-state index contributed by atoms with van der Waals surface area (Å²) in [5.74, 6) is 2.18. The number of fused-ring (bicyclic) bond motifs is 1. The van der Waals surface area contributed by atoms with Crippen LogP contribution in [0.1, 0.15) is 0 Å². The van der Waals surface area contributed by atoms with Crippen LogP contribution in [0, 0.1) is 0 Å². The van der Waals surface area contributed by atoms with Crippen LogP contribution in [0.4, 0.5) is 0 Å². The normalized spacial score (nSPS) is 11.0. The lowest BCUT2D eigenvalue weighted by molar-refractivity contribution is 0.324. The maximum Gasteiger partial charge on any atom is 0.276 e. The van der Waals surface area contributed by atoms with Gasteiger partial charge < -0.3 is 18.7 Å². The van der Waals surface area contributed by atoms with E-state index in [0.717, 1.165) is 5.65 Å². The fourth-order valence-corrected chi connectivity index (χ4v) is 2.93. The van der Waals surface area contributed by atoms with Gasteiger partial charge in [-0.1, -0.05) is 16.8 Å². The number of nitrogens with zero attached hydrogens (tertiary/aromatic N) is 4. The molecule has 0 aliphatic carbocycles. The van der Waals surface area contributed by atoms with Crippen LogP contribution in [0.25, 0.3) is 28.6 Å². The predicted molar refractivity (Wildman–Crippen MR) is 98.6 cm³/mol. The van der Waals surface area contributed by atoms with E-state index < -0.39 is 0 Å². The van der Waals surface area contributed by atoms with E-state index in [1.807, 2.05) is 6.07 Å². The molecule has 1 aromatic carbocycles. The molecule has 0 N–H and O–H groups in total. The summed E-state index contributed by atoms with van der Waals surface area (Å²) in [5.41, 5.74) is 2.02. The van der Waals surface area contributed by atoms with E-state index in [2.05, 4.69) is 15.1 Å². The molecule has 0 spiro atoms. The molecule has 0 radical (unpaired) electrons. The van der Waals surface area contributed by atoms with Gasteiger partial charge in [0.05, 0.1) is 32.5 Å². The molecule has 9 heteroatoms. The monoisotopic (exact) mass is 386 g/mol. The van der Waals surface area contributed by atoms with Crippen molar-refractivity contribution in [3.8, 4) is 40.2 Å². The molecule has 0 aliphatic rings. The molecule has 0 bridgehead atoms. The molecule has 0 atom stereocenters. The first kappa shape index (κ1) is 17.2.